The first-order valence-electron chi connectivity index (χ1n) is 10.8. The van der Waals surface area contributed by atoms with Gasteiger partial charge in [-0.15, -0.1) is 0 Å². The fraction of sp³-hybridized carbons (Fsp3) is 0.417. The van der Waals surface area contributed by atoms with Crippen molar-refractivity contribution in [1.82, 2.24) is 4.98 Å². The number of amides is 1. The third-order valence-electron chi connectivity index (χ3n) is 5.73. The topological polar surface area (TPSA) is 76.6 Å². The van der Waals surface area contributed by atoms with E-state index >= 15 is 0 Å². The van der Waals surface area contributed by atoms with Gasteiger partial charge in [-0.2, -0.15) is 0 Å². The Labute approximate surface area is 193 Å². The maximum atomic E-state index is 13.3. The van der Waals surface area contributed by atoms with Gasteiger partial charge < -0.3 is 4.74 Å². The van der Waals surface area contributed by atoms with Crippen LogP contribution in [0.4, 0.5) is 5.13 Å². The summed E-state index contributed by atoms with van der Waals surface area (Å²) in [5.41, 5.74) is 4.08. The molecule has 1 aromatic heterocycles. The summed E-state index contributed by atoms with van der Waals surface area (Å²) in [6, 6.07) is 10.9. The van der Waals surface area contributed by atoms with Gasteiger partial charge in [-0.1, -0.05) is 35.1 Å². The van der Waals surface area contributed by atoms with Gasteiger partial charge in [0.25, 0.3) is 0 Å². The highest BCUT2D eigenvalue weighted by atomic mass is 32.2. The van der Waals surface area contributed by atoms with Gasteiger partial charge in [-0.05, 0) is 62.9 Å². The van der Waals surface area contributed by atoms with E-state index in [0.29, 0.717) is 18.3 Å². The molecule has 1 aliphatic rings. The molecular formula is C24H28N2O4S2. The van der Waals surface area contributed by atoms with Crippen LogP contribution in [0.2, 0.25) is 0 Å². The molecule has 0 N–H and O–H groups in total. The molecule has 6 nitrogen and oxygen atoms in total. The van der Waals surface area contributed by atoms with Crippen molar-refractivity contribution in [2.75, 3.05) is 23.8 Å². The number of nitrogens with zero attached hydrogens (tertiary/aromatic N) is 2. The van der Waals surface area contributed by atoms with Crippen molar-refractivity contribution in [3.05, 3.63) is 53.1 Å². The Balaban J connectivity index is 1.58. The molecule has 3 aromatic rings. The van der Waals surface area contributed by atoms with E-state index < -0.39 is 9.84 Å². The van der Waals surface area contributed by atoms with Crippen LogP contribution < -0.4 is 4.90 Å². The average Bonchev–Trinajstić information content (AvgIpc) is 3.40. The van der Waals surface area contributed by atoms with Crippen molar-refractivity contribution in [3.63, 3.8) is 0 Å². The minimum atomic E-state index is -3.55. The number of fused-ring (bicyclic) bond motifs is 1. The van der Waals surface area contributed by atoms with Crippen LogP contribution in [0.3, 0.4) is 0 Å². The Morgan fingerprint density at radius 3 is 2.59 bits per heavy atom. The molecule has 2 heterocycles. The van der Waals surface area contributed by atoms with Gasteiger partial charge in [0, 0.05) is 13.0 Å². The molecule has 0 bridgehead atoms. The highest BCUT2D eigenvalue weighted by Gasteiger charge is 2.27. The predicted octanol–water partition coefficient (Wildman–Crippen LogP) is 4.60. The average molecular weight is 473 g/mol. The summed E-state index contributed by atoms with van der Waals surface area (Å²) in [6.45, 7) is 7.04. The summed E-state index contributed by atoms with van der Waals surface area (Å²) in [6.07, 6.45) is 1.69. The zero-order valence-electron chi connectivity index (χ0n) is 18.6. The number of aromatic nitrogens is 1. The third-order valence-corrected chi connectivity index (χ3v) is 8.48. The largest absolute Gasteiger partial charge is 0.376 e. The van der Waals surface area contributed by atoms with Gasteiger partial charge in [0.2, 0.25) is 5.91 Å². The van der Waals surface area contributed by atoms with E-state index in [1.165, 1.54) is 11.3 Å². The number of rotatable bonds is 7. The molecule has 0 saturated carbocycles. The second kappa shape index (κ2) is 9.29. The first-order chi connectivity index (χ1) is 15.2. The Hall–Kier alpha value is -2.29. The van der Waals surface area contributed by atoms with Gasteiger partial charge in [0.05, 0.1) is 33.5 Å². The quantitative estimate of drug-likeness (QED) is 0.502. The summed E-state index contributed by atoms with van der Waals surface area (Å²) >= 11 is 1.47. The molecule has 1 fully saturated rings. The maximum absolute atomic E-state index is 13.3. The van der Waals surface area contributed by atoms with Gasteiger partial charge in [-0.3, -0.25) is 9.69 Å². The van der Waals surface area contributed by atoms with E-state index in [9.17, 15) is 13.2 Å². The number of thiazole rings is 1. The minimum absolute atomic E-state index is 0.0532. The number of carbonyl (C=O) groups is 1. The zero-order valence-corrected chi connectivity index (χ0v) is 20.3. The molecule has 2 aromatic carbocycles. The second-order valence-electron chi connectivity index (χ2n) is 8.45. The lowest BCUT2D eigenvalue weighted by molar-refractivity contribution is -0.118. The van der Waals surface area contributed by atoms with Gasteiger partial charge in [-0.25, -0.2) is 13.4 Å². The van der Waals surface area contributed by atoms with Crippen LogP contribution >= 0.6 is 11.3 Å². The van der Waals surface area contributed by atoms with Crippen molar-refractivity contribution in [1.29, 1.82) is 0 Å². The molecule has 1 atom stereocenters. The lowest BCUT2D eigenvalue weighted by Crippen LogP contribution is -2.38. The second-order valence-corrected chi connectivity index (χ2v) is 11.6. The molecule has 4 rings (SSSR count). The van der Waals surface area contributed by atoms with E-state index in [2.05, 4.69) is 12.1 Å². The summed E-state index contributed by atoms with van der Waals surface area (Å²) in [5.74, 6) is -0.482. The molecule has 0 spiro atoms. The highest BCUT2D eigenvalue weighted by Crippen LogP contribution is 2.33. The number of sulfone groups is 1. The Morgan fingerprint density at radius 1 is 1.16 bits per heavy atom. The number of hydrogen-bond donors (Lipinski definition) is 0. The van der Waals surface area contributed by atoms with Crippen LogP contribution in [-0.2, 0) is 19.4 Å². The number of ether oxygens (including phenoxy) is 1. The van der Waals surface area contributed by atoms with Gasteiger partial charge in [0.15, 0.2) is 15.0 Å². The van der Waals surface area contributed by atoms with Crippen molar-refractivity contribution >= 4 is 42.4 Å². The zero-order chi connectivity index (χ0) is 22.9. The molecule has 170 valence electrons. The standard InChI is InChI=1S/C24H28N2O4S2/c1-16-6-8-20(9-7-16)32(28,29)12-10-22(27)26(15-19-5-4-11-30-19)24-25-23-18(3)13-17(2)14-21(23)31-24/h6-9,13-14,19H,4-5,10-12,15H2,1-3H3. The Morgan fingerprint density at radius 2 is 1.91 bits per heavy atom. The Kier molecular flexibility index (Phi) is 6.65. The van der Waals surface area contributed by atoms with Crippen LogP contribution in [0.25, 0.3) is 10.2 Å². The van der Waals surface area contributed by atoms with E-state index in [-0.39, 0.29) is 29.1 Å². The van der Waals surface area contributed by atoms with Crippen molar-refractivity contribution in [3.8, 4) is 0 Å². The van der Waals surface area contributed by atoms with Crippen LogP contribution in [0.1, 0.15) is 36.0 Å². The van der Waals surface area contributed by atoms with Crippen LogP contribution in [0.15, 0.2) is 41.3 Å². The number of hydrogen-bond acceptors (Lipinski definition) is 6. The van der Waals surface area contributed by atoms with Crippen molar-refractivity contribution in [2.45, 2.75) is 51.0 Å². The minimum Gasteiger partial charge on any atom is -0.376 e. The lowest BCUT2D eigenvalue weighted by Gasteiger charge is -2.23. The van der Waals surface area contributed by atoms with Crippen LogP contribution in [-0.4, -0.2) is 44.3 Å². The number of carbonyl (C=O) groups excluding carboxylic acids is 1. The highest BCUT2D eigenvalue weighted by molar-refractivity contribution is 7.91. The molecular weight excluding hydrogens is 444 g/mol. The molecule has 1 aliphatic heterocycles. The monoisotopic (exact) mass is 472 g/mol. The predicted molar refractivity (Wildman–Crippen MR) is 128 cm³/mol. The normalized spacial score (nSPS) is 16.5. The first kappa shape index (κ1) is 22.9. The van der Waals surface area contributed by atoms with Crippen molar-refractivity contribution in [2.24, 2.45) is 0 Å². The first-order valence-corrected chi connectivity index (χ1v) is 13.3. The number of aryl methyl sites for hydroxylation is 3. The molecule has 8 heteroatoms. The van der Waals surface area contributed by atoms with E-state index in [0.717, 1.165) is 39.7 Å². The summed E-state index contributed by atoms with van der Waals surface area (Å²) < 4.78 is 32.3. The van der Waals surface area contributed by atoms with Crippen LogP contribution in [0, 0.1) is 20.8 Å². The van der Waals surface area contributed by atoms with E-state index in [4.69, 9.17) is 9.72 Å². The van der Waals surface area contributed by atoms with Crippen molar-refractivity contribution < 1.29 is 17.9 Å². The third kappa shape index (κ3) is 5.03. The molecule has 1 amide bonds. The number of benzene rings is 2. The lowest BCUT2D eigenvalue weighted by atomic mass is 10.1. The fourth-order valence-electron chi connectivity index (χ4n) is 3.97. The number of anilines is 1. The molecule has 1 unspecified atom stereocenters. The SMILES string of the molecule is Cc1ccc(S(=O)(=O)CCC(=O)N(CC2CCCO2)c2nc3c(C)cc(C)cc3s2)cc1. The Bertz CT molecular complexity index is 1230. The summed E-state index contributed by atoms with van der Waals surface area (Å²) in [4.78, 5) is 19.9. The van der Waals surface area contributed by atoms with E-state index in [1.807, 2.05) is 20.8 Å². The summed E-state index contributed by atoms with van der Waals surface area (Å²) in [5, 5.41) is 0.599. The fourth-order valence-corrected chi connectivity index (χ4v) is 6.37. The molecule has 0 radical (unpaired) electrons. The summed E-state index contributed by atoms with van der Waals surface area (Å²) in [7, 11) is -3.55. The van der Waals surface area contributed by atoms with E-state index in [1.54, 1.807) is 29.2 Å². The van der Waals surface area contributed by atoms with Gasteiger partial charge >= 0.3 is 0 Å². The van der Waals surface area contributed by atoms with Crippen LogP contribution in [0.5, 0.6) is 0 Å². The van der Waals surface area contributed by atoms with Gasteiger partial charge in [0.1, 0.15) is 0 Å². The smallest absolute Gasteiger partial charge is 0.229 e. The maximum Gasteiger partial charge on any atom is 0.229 e. The molecule has 1 saturated heterocycles. The molecule has 32 heavy (non-hydrogen) atoms. The molecule has 0 aliphatic carbocycles.